The average molecular weight is 211 g/mol. The Morgan fingerprint density at radius 2 is 1.93 bits per heavy atom. The van der Waals surface area contributed by atoms with Gasteiger partial charge in [0.1, 0.15) is 12.7 Å². The molecule has 15 heavy (non-hydrogen) atoms. The minimum absolute atomic E-state index is 0.0625. The molecule has 5 nitrogen and oxygen atoms in total. The van der Waals surface area contributed by atoms with Gasteiger partial charge >= 0.3 is 0 Å². The van der Waals surface area contributed by atoms with Crippen molar-refractivity contribution in [2.45, 2.75) is 46.1 Å². The summed E-state index contributed by atoms with van der Waals surface area (Å²) in [7, 11) is 2.08. The topological polar surface area (TPSA) is 46.0 Å². The quantitative estimate of drug-likeness (QED) is 0.740. The number of hydrogen-bond acceptors (Lipinski definition) is 4. The summed E-state index contributed by atoms with van der Waals surface area (Å²) in [6.07, 6.45) is 3.36. The first kappa shape index (κ1) is 12.1. The van der Waals surface area contributed by atoms with E-state index in [9.17, 15) is 0 Å². The largest absolute Gasteiger partial charge is 0.281 e. The molecule has 0 aliphatic heterocycles. The Morgan fingerprint density at radius 3 is 2.33 bits per heavy atom. The van der Waals surface area contributed by atoms with Gasteiger partial charge in [0.25, 0.3) is 0 Å². The van der Waals surface area contributed by atoms with Crippen LogP contribution in [0, 0.1) is 0 Å². The summed E-state index contributed by atoms with van der Waals surface area (Å²) < 4.78 is 1.83. The predicted molar refractivity (Wildman–Crippen MR) is 60.2 cm³/mol. The summed E-state index contributed by atoms with van der Waals surface area (Å²) in [6, 6.07) is 0.853. The van der Waals surface area contributed by atoms with Crippen LogP contribution in [0.2, 0.25) is 0 Å². The van der Waals surface area contributed by atoms with E-state index in [1.807, 2.05) is 4.68 Å². The zero-order chi connectivity index (χ0) is 11.4. The van der Waals surface area contributed by atoms with Gasteiger partial charge in [0.2, 0.25) is 0 Å². The maximum atomic E-state index is 4.17. The molecule has 1 heterocycles. The number of nitrogens with zero attached hydrogens (tertiary/aromatic N) is 4. The molecule has 0 fully saturated rings. The fourth-order valence-corrected chi connectivity index (χ4v) is 1.30. The first-order valence-corrected chi connectivity index (χ1v) is 5.34. The minimum atomic E-state index is 0.0625. The lowest BCUT2D eigenvalue weighted by atomic mass is 10.3. The van der Waals surface area contributed by atoms with E-state index < -0.39 is 0 Å². The molecule has 1 aromatic rings. The lowest BCUT2D eigenvalue weighted by Gasteiger charge is -2.33. The SMILES string of the molecule is CC(C)NC(N(C)C(C)C)n1cncn1. The molecular formula is C10H21N5. The molecule has 1 N–H and O–H groups in total. The van der Waals surface area contributed by atoms with Crippen LogP contribution in [0.5, 0.6) is 0 Å². The fraction of sp³-hybridized carbons (Fsp3) is 0.800. The van der Waals surface area contributed by atoms with Gasteiger partial charge in [-0.2, -0.15) is 5.10 Å². The molecule has 0 aromatic carbocycles. The molecule has 0 aliphatic rings. The van der Waals surface area contributed by atoms with Gasteiger partial charge in [0, 0.05) is 12.1 Å². The van der Waals surface area contributed by atoms with Crippen LogP contribution < -0.4 is 5.32 Å². The van der Waals surface area contributed by atoms with Crippen LogP contribution in [-0.4, -0.2) is 38.8 Å². The Morgan fingerprint density at radius 1 is 1.27 bits per heavy atom. The van der Waals surface area contributed by atoms with Gasteiger partial charge in [0.15, 0.2) is 6.29 Å². The van der Waals surface area contributed by atoms with Crippen LogP contribution in [0.1, 0.15) is 34.0 Å². The second-order valence-electron chi connectivity index (χ2n) is 4.33. The van der Waals surface area contributed by atoms with E-state index in [0.29, 0.717) is 12.1 Å². The third-order valence-electron chi connectivity index (χ3n) is 2.37. The Labute approximate surface area is 91.5 Å². The first-order valence-electron chi connectivity index (χ1n) is 5.34. The van der Waals surface area contributed by atoms with Gasteiger partial charge in [-0.1, -0.05) is 0 Å². The zero-order valence-corrected chi connectivity index (χ0v) is 10.2. The molecule has 0 bridgehead atoms. The third-order valence-corrected chi connectivity index (χ3v) is 2.37. The van der Waals surface area contributed by atoms with Crippen molar-refractivity contribution < 1.29 is 0 Å². The lowest BCUT2D eigenvalue weighted by Crippen LogP contribution is -2.46. The van der Waals surface area contributed by atoms with Gasteiger partial charge in [-0.05, 0) is 34.7 Å². The Hall–Kier alpha value is -0.940. The normalized spacial score (nSPS) is 14.1. The fourth-order valence-electron chi connectivity index (χ4n) is 1.30. The van der Waals surface area contributed by atoms with Crippen LogP contribution in [0.4, 0.5) is 0 Å². The van der Waals surface area contributed by atoms with E-state index in [1.54, 1.807) is 12.7 Å². The molecule has 0 radical (unpaired) electrons. The van der Waals surface area contributed by atoms with Gasteiger partial charge in [-0.25, -0.2) is 9.67 Å². The van der Waals surface area contributed by atoms with Crippen molar-refractivity contribution in [3.63, 3.8) is 0 Å². The van der Waals surface area contributed by atoms with E-state index in [-0.39, 0.29) is 6.29 Å². The van der Waals surface area contributed by atoms with Crippen LogP contribution in [0.15, 0.2) is 12.7 Å². The number of nitrogens with one attached hydrogen (secondary N) is 1. The maximum absolute atomic E-state index is 4.17. The Balaban J connectivity index is 2.78. The molecule has 0 saturated heterocycles. The van der Waals surface area contributed by atoms with E-state index in [1.165, 1.54) is 0 Å². The van der Waals surface area contributed by atoms with Crippen molar-refractivity contribution in [1.82, 2.24) is 25.0 Å². The molecule has 0 aliphatic carbocycles. The lowest BCUT2D eigenvalue weighted by molar-refractivity contribution is 0.0860. The summed E-state index contributed by atoms with van der Waals surface area (Å²) in [6.45, 7) is 8.56. The van der Waals surface area contributed by atoms with Crippen molar-refractivity contribution in [1.29, 1.82) is 0 Å². The highest BCUT2D eigenvalue weighted by atomic mass is 15.5. The van der Waals surface area contributed by atoms with Crippen molar-refractivity contribution in [3.8, 4) is 0 Å². The highest BCUT2D eigenvalue weighted by molar-refractivity contribution is 4.71. The van der Waals surface area contributed by atoms with Crippen LogP contribution in [0.25, 0.3) is 0 Å². The predicted octanol–water partition coefficient (Wildman–Crippen LogP) is 1.07. The van der Waals surface area contributed by atoms with Crippen LogP contribution in [0.3, 0.4) is 0 Å². The molecule has 1 aromatic heterocycles. The summed E-state index contributed by atoms with van der Waals surface area (Å²) >= 11 is 0. The molecule has 5 heteroatoms. The molecule has 86 valence electrons. The van der Waals surface area contributed by atoms with Crippen molar-refractivity contribution >= 4 is 0 Å². The van der Waals surface area contributed by atoms with E-state index >= 15 is 0 Å². The molecule has 0 amide bonds. The average Bonchev–Trinajstić information content (AvgIpc) is 2.65. The van der Waals surface area contributed by atoms with Gasteiger partial charge in [-0.15, -0.1) is 0 Å². The number of rotatable bonds is 5. The monoisotopic (exact) mass is 211 g/mol. The van der Waals surface area contributed by atoms with E-state index in [4.69, 9.17) is 0 Å². The molecule has 0 saturated carbocycles. The van der Waals surface area contributed by atoms with Crippen molar-refractivity contribution in [2.75, 3.05) is 7.05 Å². The maximum Gasteiger partial charge on any atom is 0.159 e. The second kappa shape index (κ2) is 5.23. The van der Waals surface area contributed by atoms with Crippen LogP contribution in [-0.2, 0) is 0 Å². The molecule has 0 spiro atoms. The summed E-state index contributed by atoms with van der Waals surface area (Å²) in [4.78, 5) is 6.19. The van der Waals surface area contributed by atoms with Gasteiger partial charge in [-0.3, -0.25) is 10.2 Å². The number of hydrogen-bond donors (Lipinski definition) is 1. The zero-order valence-electron chi connectivity index (χ0n) is 10.2. The molecule has 1 atom stereocenters. The van der Waals surface area contributed by atoms with E-state index in [0.717, 1.165) is 0 Å². The van der Waals surface area contributed by atoms with Gasteiger partial charge in [0.05, 0.1) is 0 Å². The Kier molecular flexibility index (Phi) is 4.23. The van der Waals surface area contributed by atoms with E-state index in [2.05, 4.69) is 55.0 Å². The summed E-state index contributed by atoms with van der Waals surface area (Å²) in [5.74, 6) is 0. The summed E-state index contributed by atoms with van der Waals surface area (Å²) in [5.41, 5.74) is 0. The van der Waals surface area contributed by atoms with Gasteiger partial charge < -0.3 is 0 Å². The summed E-state index contributed by atoms with van der Waals surface area (Å²) in [5, 5.41) is 7.62. The highest BCUT2D eigenvalue weighted by Crippen LogP contribution is 2.10. The molecule has 1 rings (SSSR count). The highest BCUT2D eigenvalue weighted by Gasteiger charge is 2.19. The smallest absolute Gasteiger partial charge is 0.159 e. The Bertz CT molecular complexity index is 267. The molecular weight excluding hydrogens is 190 g/mol. The first-order chi connectivity index (χ1) is 7.02. The standard InChI is InChI=1S/C10H21N5/c1-8(2)13-10(14(5)9(3)4)15-7-11-6-12-15/h6-10,13H,1-5H3. The third kappa shape index (κ3) is 3.28. The van der Waals surface area contributed by atoms with Crippen LogP contribution >= 0.6 is 0 Å². The van der Waals surface area contributed by atoms with Crippen molar-refractivity contribution in [2.24, 2.45) is 0 Å². The van der Waals surface area contributed by atoms with Crippen molar-refractivity contribution in [3.05, 3.63) is 12.7 Å². The minimum Gasteiger partial charge on any atom is -0.281 e. The number of aromatic nitrogens is 3. The second-order valence-corrected chi connectivity index (χ2v) is 4.33. The molecule has 1 unspecified atom stereocenters.